The summed E-state index contributed by atoms with van der Waals surface area (Å²) in [7, 11) is 0. The molecular formula is C13H20FN5. The molecule has 0 radical (unpaired) electrons. The van der Waals surface area contributed by atoms with Gasteiger partial charge in [0.2, 0.25) is 0 Å². The van der Waals surface area contributed by atoms with Gasteiger partial charge in [-0.1, -0.05) is 0 Å². The van der Waals surface area contributed by atoms with E-state index in [-0.39, 0.29) is 0 Å². The largest absolute Gasteiger partial charge is 0.306 e. The van der Waals surface area contributed by atoms with Crippen LogP contribution in [0.4, 0.5) is 4.39 Å². The van der Waals surface area contributed by atoms with Crippen LogP contribution in [0.2, 0.25) is 0 Å². The van der Waals surface area contributed by atoms with E-state index in [0.29, 0.717) is 19.1 Å². The molecule has 0 aliphatic carbocycles. The summed E-state index contributed by atoms with van der Waals surface area (Å²) in [5.41, 5.74) is 2.14. The van der Waals surface area contributed by atoms with E-state index in [1.165, 1.54) is 0 Å². The highest BCUT2D eigenvalue weighted by Crippen LogP contribution is 2.08. The maximum atomic E-state index is 12.3. The molecular weight excluding hydrogens is 245 g/mol. The number of aryl methyl sites for hydroxylation is 1. The molecule has 5 nitrogen and oxygen atoms in total. The molecule has 104 valence electrons. The SMILES string of the molecule is CC(C)n1nccc1CNCc1ccnn1CCF. The minimum Gasteiger partial charge on any atom is -0.306 e. The summed E-state index contributed by atoms with van der Waals surface area (Å²) in [6, 6.07) is 4.26. The lowest BCUT2D eigenvalue weighted by molar-refractivity contribution is 0.416. The Kier molecular flexibility index (Phi) is 4.68. The Hall–Kier alpha value is -1.69. The van der Waals surface area contributed by atoms with Gasteiger partial charge < -0.3 is 5.32 Å². The Morgan fingerprint density at radius 3 is 2.58 bits per heavy atom. The maximum absolute atomic E-state index is 12.3. The van der Waals surface area contributed by atoms with Gasteiger partial charge in [-0.15, -0.1) is 0 Å². The summed E-state index contributed by atoms with van der Waals surface area (Å²) in [5.74, 6) is 0. The highest BCUT2D eigenvalue weighted by molar-refractivity contribution is 5.03. The summed E-state index contributed by atoms with van der Waals surface area (Å²) in [5, 5.41) is 11.7. The van der Waals surface area contributed by atoms with Crippen LogP contribution in [0, 0.1) is 0 Å². The lowest BCUT2D eigenvalue weighted by Crippen LogP contribution is -2.19. The van der Waals surface area contributed by atoms with Crippen molar-refractivity contribution in [3.63, 3.8) is 0 Å². The predicted octanol–water partition coefficient (Wildman–Crippen LogP) is 1.92. The Labute approximate surface area is 112 Å². The van der Waals surface area contributed by atoms with Gasteiger partial charge in [-0.3, -0.25) is 9.36 Å². The third-order valence-corrected chi connectivity index (χ3v) is 2.95. The molecule has 0 aromatic carbocycles. The number of nitrogens with one attached hydrogen (secondary N) is 1. The van der Waals surface area contributed by atoms with Crippen molar-refractivity contribution in [1.29, 1.82) is 0 Å². The van der Waals surface area contributed by atoms with Crippen LogP contribution >= 0.6 is 0 Å². The molecule has 6 heteroatoms. The zero-order valence-corrected chi connectivity index (χ0v) is 11.4. The molecule has 0 amide bonds. The van der Waals surface area contributed by atoms with Crippen LogP contribution in [0.3, 0.4) is 0 Å². The van der Waals surface area contributed by atoms with E-state index in [9.17, 15) is 4.39 Å². The van der Waals surface area contributed by atoms with Crippen LogP contribution in [-0.2, 0) is 19.6 Å². The van der Waals surface area contributed by atoms with Crippen molar-refractivity contribution in [3.05, 3.63) is 35.9 Å². The van der Waals surface area contributed by atoms with Crippen LogP contribution in [-0.4, -0.2) is 26.2 Å². The minimum absolute atomic E-state index is 0.313. The standard InChI is InChI=1S/C13H20FN5/c1-11(2)19-13(4-7-17-19)10-15-9-12-3-6-16-18(12)8-5-14/h3-4,6-7,11,15H,5,8-10H2,1-2H3. The van der Waals surface area contributed by atoms with Gasteiger partial charge in [0.05, 0.1) is 17.9 Å². The lowest BCUT2D eigenvalue weighted by Gasteiger charge is -2.12. The van der Waals surface area contributed by atoms with E-state index in [2.05, 4.69) is 29.4 Å². The summed E-state index contributed by atoms with van der Waals surface area (Å²) >= 11 is 0. The first-order chi connectivity index (χ1) is 9.22. The number of hydrogen-bond donors (Lipinski definition) is 1. The Balaban J connectivity index is 1.89. The van der Waals surface area contributed by atoms with Gasteiger partial charge in [-0.25, -0.2) is 4.39 Å². The maximum Gasteiger partial charge on any atom is 0.109 e. The Bertz CT molecular complexity index is 503. The molecule has 0 saturated carbocycles. The van der Waals surface area contributed by atoms with Gasteiger partial charge in [-0.05, 0) is 26.0 Å². The van der Waals surface area contributed by atoms with Gasteiger partial charge in [0.25, 0.3) is 0 Å². The quantitative estimate of drug-likeness (QED) is 0.832. The number of alkyl halides is 1. The van der Waals surface area contributed by atoms with Crippen molar-refractivity contribution in [2.24, 2.45) is 0 Å². The van der Waals surface area contributed by atoms with Gasteiger partial charge in [0.1, 0.15) is 6.67 Å². The van der Waals surface area contributed by atoms with Crippen molar-refractivity contribution in [2.45, 2.75) is 39.5 Å². The lowest BCUT2D eigenvalue weighted by atomic mass is 10.3. The van der Waals surface area contributed by atoms with Crippen LogP contribution < -0.4 is 5.32 Å². The Morgan fingerprint density at radius 1 is 1.16 bits per heavy atom. The number of nitrogens with zero attached hydrogens (tertiary/aromatic N) is 4. The predicted molar refractivity (Wildman–Crippen MR) is 71.4 cm³/mol. The first-order valence-electron chi connectivity index (χ1n) is 6.52. The molecule has 2 heterocycles. The van der Waals surface area contributed by atoms with E-state index in [4.69, 9.17) is 0 Å². The molecule has 0 atom stereocenters. The zero-order valence-electron chi connectivity index (χ0n) is 11.4. The van der Waals surface area contributed by atoms with Crippen molar-refractivity contribution in [1.82, 2.24) is 24.9 Å². The minimum atomic E-state index is -0.394. The number of rotatable bonds is 7. The fourth-order valence-electron chi connectivity index (χ4n) is 2.06. The van der Waals surface area contributed by atoms with Gasteiger partial charge in [-0.2, -0.15) is 10.2 Å². The van der Waals surface area contributed by atoms with Crippen molar-refractivity contribution in [2.75, 3.05) is 6.67 Å². The fourth-order valence-corrected chi connectivity index (χ4v) is 2.06. The summed E-state index contributed by atoms with van der Waals surface area (Å²) in [6.45, 7) is 5.53. The molecule has 19 heavy (non-hydrogen) atoms. The molecule has 0 unspecified atom stereocenters. The normalized spacial score (nSPS) is 11.4. The van der Waals surface area contributed by atoms with Crippen LogP contribution in [0.1, 0.15) is 31.3 Å². The van der Waals surface area contributed by atoms with E-state index < -0.39 is 6.67 Å². The third kappa shape index (κ3) is 3.41. The molecule has 2 aromatic heterocycles. The topological polar surface area (TPSA) is 47.7 Å². The van der Waals surface area contributed by atoms with E-state index >= 15 is 0 Å². The van der Waals surface area contributed by atoms with E-state index in [1.807, 2.05) is 23.0 Å². The van der Waals surface area contributed by atoms with Crippen molar-refractivity contribution < 1.29 is 4.39 Å². The zero-order chi connectivity index (χ0) is 13.7. The molecule has 0 fully saturated rings. The smallest absolute Gasteiger partial charge is 0.109 e. The van der Waals surface area contributed by atoms with Gasteiger partial charge in [0.15, 0.2) is 0 Å². The van der Waals surface area contributed by atoms with Crippen LogP contribution in [0.25, 0.3) is 0 Å². The summed E-state index contributed by atoms with van der Waals surface area (Å²) in [4.78, 5) is 0. The summed E-state index contributed by atoms with van der Waals surface area (Å²) < 4.78 is 16.0. The summed E-state index contributed by atoms with van der Waals surface area (Å²) in [6.07, 6.45) is 3.51. The molecule has 2 aromatic rings. The fraction of sp³-hybridized carbons (Fsp3) is 0.538. The molecule has 0 aliphatic heterocycles. The second-order valence-electron chi connectivity index (χ2n) is 4.70. The van der Waals surface area contributed by atoms with Crippen LogP contribution in [0.5, 0.6) is 0 Å². The van der Waals surface area contributed by atoms with Crippen LogP contribution in [0.15, 0.2) is 24.5 Å². The molecule has 2 rings (SSSR count). The van der Waals surface area contributed by atoms with Crippen molar-refractivity contribution >= 4 is 0 Å². The van der Waals surface area contributed by atoms with E-state index in [1.54, 1.807) is 10.9 Å². The molecule has 0 aliphatic rings. The second-order valence-corrected chi connectivity index (χ2v) is 4.70. The highest BCUT2D eigenvalue weighted by atomic mass is 19.1. The first-order valence-corrected chi connectivity index (χ1v) is 6.52. The molecule has 1 N–H and O–H groups in total. The number of halogens is 1. The first kappa shape index (κ1) is 13.7. The molecule has 0 saturated heterocycles. The number of aromatic nitrogens is 4. The number of hydrogen-bond acceptors (Lipinski definition) is 3. The second kappa shape index (κ2) is 6.47. The molecule has 0 bridgehead atoms. The van der Waals surface area contributed by atoms with Gasteiger partial charge >= 0.3 is 0 Å². The monoisotopic (exact) mass is 265 g/mol. The Morgan fingerprint density at radius 2 is 1.84 bits per heavy atom. The average Bonchev–Trinajstić information content (AvgIpc) is 2.99. The van der Waals surface area contributed by atoms with Crippen molar-refractivity contribution in [3.8, 4) is 0 Å². The van der Waals surface area contributed by atoms with Gasteiger partial charge in [0, 0.05) is 31.5 Å². The van der Waals surface area contributed by atoms with E-state index in [0.717, 1.165) is 17.9 Å². The third-order valence-electron chi connectivity index (χ3n) is 2.95. The highest BCUT2D eigenvalue weighted by Gasteiger charge is 2.06. The molecule has 0 spiro atoms. The average molecular weight is 265 g/mol.